The highest BCUT2D eigenvalue weighted by Crippen LogP contribution is 2.34. The Bertz CT molecular complexity index is 913. The zero-order valence-electron chi connectivity index (χ0n) is 16.5. The van der Waals surface area contributed by atoms with E-state index in [9.17, 15) is 24.0 Å². The van der Waals surface area contributed by atoms with Gasteiger partial charge in [-0.15, -0.1) is 0 Å². The second kappa shape index (κ2) is 7.88. The molecule has 148 valence electrons. The van der Waals surface area contributed by atoms with Gasteiger partial charge in [0.2, 0.25) is 5.78 Å². The fourth-order valence-electron chi connectivity index (χ4n) is 2.81. The first kappa shape index (κ1) is 21.2. The lowest BCUT2D eigenvalue weighted by Gasteiger charge is -2.21. The second-order valence-corrected chi connectivity index (χ2v) is 7.49. The standard InChI is InChI=1S/C21H22O7/c1-11(22)16-14(9-12(23)10-28-20(26)21(2,3)4)18(24)13-7-6-8-15(27-5)17(13)19(16)25/h6-8H,9-10H2,1-5H3. The summed E-state index contributed by atoms with van der Waals surface area (Å²) < 4.78 is 10.1. The van der Waals surface area contributed by atoms with E-state index in [1.54, 1.807) is 26.8 Å². The fraction of sp³-hybridized carbons (Fsp3) is 0.381. The van der Waals surface area contributed by atoms with E-state index in [-0.39, 0.29) is 28.0 Å². The van der Waals surface area contributed by atoms with E-state index in [1.165, 1.54) is 19.2 Å². The van der Waals surface area contributed by atoms with Gasteiger partial charge in [0.1, 0.15) is 12.4 Å². The predicted molar refractivity (Wildman–Crippen MR) is 99.4 cm³/mol. The van der Waals surface area contributed by atoms with Crippen molar-refractivity contribution in [3.8, 4) is 5.75 Å². The molecule has 0 fully saturated rings. The third-order valence-electron chi connectivity index (χ3n) is 4.22. The van der Waals surface area contributed by atoms with Crippen LogP contribution < -0.4 is 4.74 Å². The highest BCUT2D eigenvalue weighted by atomic mass is 16.5. The average molecular weight is 386 g/mol. The minimum Gasteiger partial charge on any atom is -0.496 e. The van der Waals surface area contributed by atoms with Crippen molar-refractivity contribution in [1.29, 1.82) is 0 Å². The first-order chi connectivity index (χ1) is 13.0. The van der Waals surface area contributed by atoms with E-state index in [0.29, 0.717) is 0 Å². The number of carbonyl (C=O) groups is 5. The maximum absolute atomic E-state index is 12.9. The summed E-state index contributed by atoms with van der Waals surface area (Å²) in [5.41, 5.74) is -1.22. The van der Waals surface area contributed by atoms with Crippen LogP contribution in [0.5, 0.6) is 5.75 Å². The lowest BCUT2D eigenvalue weighted by Crippen LogP contribution is -2.29. The number of esters is 1. The quantitative estimate of drug-likeness (QED) is 0.546. The molecular formula is C21H22O7. The zero-order chi connectivity index (χ0) is 21.2. The SMILES string of the molecule is COc1cccc2c1C(=O)C(C(C)=O)=C(CC(=O)COC(=O)C(C)(C)C)C2=O. The van der Waals surface area contributed by atoms with Gasteiger partial charge in [0.15, 0.2) is 17.3 Å². The molecule has 0 bridgehead atoms. The summed E-state index contributed by atoms with van der Waals surface area (Å²) in [7, 11) is 1.35. The van der Waals surface area contributed by atoms with Gasteiger partial charge in [-0.05, 0) is 33.8 Å². The molecule has 7 heteroatoms. The largest absolute Gasteiger partial charge is 0.496 e. The Morgan fingerprint density at radius 1 is 1.04 bits per heavy atom. The van der Waals surface area contributed by atoms with Gasteiger partial charge in [0.25, 0.3) is 0 Å². The molecule has 0 atom stereocenters. The molecule has 0 saturated heterocycles. The van der Waals surface area contributed by atoms with Crippen LogP contribution in [0.1, 0.15) is 54.8 Å². The summed E-state index contributed by atoms with van der Waals surface area (Å²) in [6, 6.07) is 4.51. The van der Waals surface area contributed by atoms with Gasteiger partial charge < -0.3 is 9.47 Å². The van der Waals surface area contributed by atoms with E-state index in [0.717, 1.165) is 6.92 Å². The molecule has 1 aliphatic rings. The van der Waals surface area contributed by atoms with Crippen molar-refractivity contribution in [1.82, 2.24) is 0 Å². The number of fused-ring (bicyclic) bond motifs is 1. The Kier molecular flexibility index (Phi) is 5.97. The van der Waals surface area contributed by atoms with Crippen LogP contribution >= 0.6 is 0 Å². The second-order valence-electron chi connectivity index (χ2n) is 7.49. The number of methoxy groups -OCH3 is 1. The number of allylic oxidation sites excluding steroid dienone is 2. The number of ketones is 4. The summed E-state index contributed by atoms with van der Waals surface area (Å²) in [6.07, 6.45) is -0.479. The molecule has 7 nitrogen and oxygen atoms in total. The van der Waals surface area contributed by atoms with E-state index in [4.69, 9.17) is 9.47 Å². The monoisotopic (exact) mass is 386 g/mol. The Balaban J connectivity index is 2.36. The molecule has 0 aliphatic heterocycles. The van der Waals surface area contributed by atoms with Gasteiger partial charge >= 0.3 is 5.97 Å². The average Bonchev–Trinajstić information content (AvgIpc) is 2.62. The number of hydrogen-bond acceptors (Lipinski definition) is 7. The van der Waals surface area contributed by atoms with Crippen molar-refractivity contribution >= 4 is 29.1 Å². The number of carbonyl (C=O) groups excluding carboxylic acids is 5. The summed E-state index contributed by atoms with van der Waals surface area (Å²) >= 11 is 0. The maximum Gasteiger partial charge on any atom is 0.311 e. The van der Waals surface area contributed by atoms with Crippen LogP contribution in [0, 0.1) is 5.41 Å². The molecule has 1 aliphatic carbocycles. The Morgan fingerprint density at radius 3 is 2.21 bits per heavy atom. The number of Topliss-reactive ketones (excluding diaryl/α,β-unsaturated/α-hetero) is 4. The van der Waals surface area contributed by atoms with Crippen molar-refractivity contribution in [3.63, 3.8) is 0 Å². The first-order valence-electron chi connectivity index (χ1n) is 8.68. The maximum atomic E-state index is 12.9. The smallest absolute Gasteiger partial charge is 0.311 e. The normalized spacial score (nSPS) is 13.9. The van der Waals surface area contributed by atoms with Gasteiger partial charge in [0.05, 0.1) is 23.7 Å². The van der Waals surface area contributed by atoms with E-state index < -0.39 is 47.5 Å². The van der Waals surface area contributed by atoms with Gasteiger partial charge in [-0.1, -0.05) is 12.1 Å². The molecule has 0 aromatic heterocycles. The molecule has 0 radical (unpaired) electrons. The summed E-state index contributed by atoms with van der Waals surface area (Å²) in [5.74, 6) is -2.84. The van der Waals surface area contributed by atoms with Crippen LogP contribution in [-0.4, -0.2) is 42.8 Å². The lowest BCUT2D eigenvalue weighted by molar-refractivity contribution is -0.155. The Hall–Kier alpha value is -3.09. The third-order valence-corrected chi connectivity index (χ3v) is 4.22. The van der Waals surface area contributed by atoms with E-state index >= 15 is 0 Å². The highest BCUT2D eigenvalue weighted by Gasteiger charge is 2.37. The topological polar surface area (TPSA) is 104 Å². The van der Waals surface area contributed by atoms with Crippen molar-refractivity contribution in [3.05, 3.63) is 40.5 Å². The fourth-order valence-corrected chi connectivity index (χ4v) is 2.81. The van der Waals surface area contributed by atoms with Crippen molar-refractivity contribution < 1.29 is 33.4 Å². The van der Waals surface area contributed by atoms with E-state index in [1.807, 2.05) is 0 Å². The summed E-state index contributed by atoms with van der Waals surface area (Å²) in [5, 5.41) is 0. The van der Waals surface area contributed by atoms with Crippen LogP contribution in [0.2, 0.25) is 0 Å². The Morgan fingerprint density at radius 2 is 1.68 bits per heavy atom. The lowest BCUT2D eigenvalue weighted by atomic mass is 9.80. The zero-order valence-corrected chi connectivity index (χ0v) is 16.5. The summed E-state index contributed by atoms with van der Waals surface area (Å²) in [4.78, 5) is 61.9. The van der Waals surface area contributed by atoms with E-state index in [2.05, 4.69) is 0 Å². The molecule has 1 aromatic carbocycles. The van der Waals surface area contributed by atoms with Crippen LogP contribution in [0.15, 0.2) is 29.3 Å². The number of hydrogen-bond donors (Lipinski definition) is 0. The molecule has 0 spiro atoms. The van der Waals surface area contributed by atoms with Crippen molar-refractivity contribution in [2.45, 2.75) is 34.1 Å². The molecule has 1 aromatic rings. The molecule has 0 N–H and O–H groups in total. The molecule has 0 amide bonds. The van der Waals surface area contributed by atoms with Crippen molar-refractivity contribution in [2.75, 3.05) is 13.7 Å². The van der Waals surface area contributed by atoms with Gasteiger partial charge in [-0.25, -0.2) is 0 Å². The molecule has 0 heterocycles. The van der Waals surface area contributed by atoms with Crippen LogP contribution in [0.4, 0.5) is 0 Å². The van der Waals surface area contributed by atoms with Crippen LogP contribution in [0.25, 0.3) is 0 Å². The number of ether oxygens (including phenoxy) is 2. The number of rotatable bonds is 6. The molecule has 0 unspecified atom stereocenters. The van der Waals surface area contributed by atoms with Gasteiger partial charge in [0, 0.05) is 17.6 Å². The third kappa shape index (κ3) is 4.08. The molecular weight excluding hydrogens is 364 g/mol. The van der Waals surface area contributed by atoms with Gasteiger partial charge in [-0.2, -0.15) is 0 Å². The molecule has 2 rings (SSSR count). The number of benzene rings is 1. The highest BCUT2D eigenvalue weighted by molar-refractivity contribution is 6.37. The minimum atomic E-state index is -0.782. The van der Waals surface area contributed by atoms with Crippen LogP contribution in [-0.2, 0) is 19.1 Å². The van der Waals surface area contributed by atoms with Crippen LogP contribution in [0.3, 0.4) is 0 Å². The predicted octanol–water partition coefficient (Wildman–Crippen LogP) is 2.51. The van der Waals surface area contributed by atoms with Crippen molar-refractivity contribution in [2.24, 2.45) is 5.41 Å². The summed E-state index contributed by atoms with van der Waals surface area (Å²) in [6.45, 7) is 5.54. The van der Waals surface area contributed by atoms with Gasteiger partial charge in [-0.3, -0.25) is 24.0 Å². The first-order valence-corrected chi connectivity index (χ1v) is 8.68. The Labute approximate surface area is 162 Å². The molecule has 0 saturated carbocycles. The minimum absolute atomic E-state index is 0.00978. The molecule has 28 heavy (non-hydrogen) atoms.